The van der Waals surface area contributed by atoms with Crippen LogP contribution >= 0.6 is 23.4 Å². The topological polar surface area (TPSA) is 66.4 Å². The first-order valence-corrected chi connectivity index (χ1v) is 8.33. The molecule has 1 saturated carbocycles. The van der Waals surface area contributed by atoms with Crippen LogP contribution in [0.5, 0.6) is 0 Å². The van der Waals surface area contributed by atoms with Gasteiger partial charge in [0, 0.05) is 16.0 Å². The molecule has 2 N–H and O–H groups in total. The monoisotopic (exact) mass is 327 g/mol. The number of benzene rings is 1. The predicted octanol–water partition coefficient (Wildman–Crippen LogP) is 3.44. The predicted molar refractivity (Wildman–Crippen MR) is 84.1 cm³/mol. The van der Waals surface area contributed by atoms with Gasteiger partial charge < -0.3 is 10.4 Å². The minimum absolute atomic E-state index is 0.0613. The Kier molecular flexibility index (Phi) is 5.53. The van der Waals surface area contributed by atoms with Gasteiger partial charge in [-0.1, -0.05) is 18.5 Å². The molecule has 0 bridgehead atoms. The van der Waals surface area contributed by atoms with E-state index in [9.17, 15) is 9.59 Å². The highest BCUT2D eigenvalue weighted by atomic mass is 35.5. The van der Waals surface area contributed by atoms with E-state index in [1.807, 2.05) is 6.92 Å². The van der Waals surface area contributed by atoms with Gasteiger partial charge in [0.2, 0.25) is 0 Å². The fourth-order valence-electron chi connectivity index (χ4n) is 2.56. The first-order valence-electron chi connectivity index (χ1n) is 6.97. The van der Waals surface area contributed by atoms with Crippen molar-refractivity contribution in [3.63, 3.8) is 0 Å². The third-order valence-electron chi connectivity index (χ3n) is 3.61. The Morgan fingerprint density at radius 1 is 1.43 bits per heavy atom. The van der Waals surface area contributed by atoms with Crippen LogP contribution in [0, 0.1) is 5.92 Å². The highest BCUT2D eigenvalue weighted by molar-refractivity contribution is 7.99. The van der Waals surface area contributed by atoms with Crippen molar-refractivity contribution in [3.8, 4) is 0 Å². The average Bonchev–Trinajstić information content (AvgIpc) is 2.88. The van der Waals surface area contributed by atoms with E-state index in [4.69, 9.17) is 16.7 Å². The summed E-state index contributed by atoms with van der Waals surface area (Å²) in [6, 6.07) is 5.15. The third-order valence-corrected chi connectivity index (χ3v) is 4.78. The van der Waals surface area contributed by atoms with Gasteiger partial charge in [-0.2, -0.15) is 0 Å². The molecule has 0 radical (unpaired) electrons. The first-order chi connectivity index (χ1) is 10.0. The van der Waals surface area contributed by atoms with E-state index in [1.165, 1.54) is 0 Å². The van der Waals surface area contributed by atoms with Crippen LogP contribution in [0.15, 0.2) is 23.1 Å². The maximum atomic E-state index is 12.4. The van der Waals surface area contributed by atoms with E-state index in [2.05, 4.69) is 5.32 Å². The number of aliphatic carboxylic acids is 1. The molecule has 0 spiro atoms. The summed E-state index contributed by atoms with van der Waals surface area (Å²) in [5.74, 6) is -0.422. The summed E-state index contributed by atoms with van der Waals surface area (Å²) in [6.07, 6.45) is 1.84. The summed E-state index contributed by atoms with van der Waals surface area (Å²) in [6.45, 7) is 2.02. The van der Waals surface area contributed by atoms with E-state index < -0.39 is 5.97 Å². The molecule has 0 aromatic heterocycles. The second kappa shape index (κ2) is 7.18. The summed E-state index contributed by atoms with van der Waals surface area (Å²) in [7, 11) is 0. The van der Waals surface area contributed by atoms with Crippen LogP contribution in [0.1, 0.15) is 36.5 Å². The van der Waals surface area contributed by atoms with Gasteiger partial charge in [0.25, 0.3) is 5.91 Å². The van der Waals surface area contributed by atoms with Crippen LogP contribution in [0.25, 0.3) is 0 Å². The Balaban J connectivity index is 2.05. The zero-order valence-corrected chi connectivity index (χ0v) is 13.3. The van der Waals surface area contributed by atoms with E-state index >= 15 is 0 Å². The van der Waals surface area contributed by atoms with E-state index in [0.29, 0.717) is 29.8 Å². The number of carboxylic acids is 1. The molecule has 0 saturated heterocycles. The number of hydrogen-bond donors (Lipinski definition) is 2. The molecule has 1 aliphatic carbocycles. The van der Waals surface area contributed by atoms with Gasteiger partial charge in [-0.3, -0.25) is 9.59 Å². The number of carbonyl (C=O) groups is 2. The Labute approximate surface area is 133 Å². The lowest BCUT2D eigenvalue weighted by Gasteiger charge is -2.14. The number of amides is 1. The van der Waals surface area contributed by atoms with Crippen molar-refractivity contribution in [2.75, 3.05) is 5.75 Å². The van der Waals surface area contributed by atoms with Gasteiger partial charge in [0.1, 0.15) is 0 Å². The minimum Gasteiger partial charge on any atom is -0.481 e. The van der Waals surface area contributed by atoms with E-state index in [0.717, 1.165) is 10.6 Å². The molecule has 1 aromatic carbocycles. The number of halogens is 1. The van der Waals surface area contributed by atoms with Crippen LogP contribution in [-0.4, -0.2) is 28.8 Å². The molecule has 4 nitrogen and oxygen atoms in total. The maximum absolute atomic E-state index is 12.4. The van der Waals surface area contributed by atoms with Crippen LogP contribution < -0.4 is 5.32 Å². The van der Waals surface area contributed by atoms with Crippen molar-refractivity contribution in [1.29, 1.82) is 0 Å². The van der Waals surface area contributed by atoms with Gasteiger partial charge in [-0.05, 0) is 43.2 Å². The maximum Gasteiger partial charge on any atom is 0.306 e. The van der Waals surface area contributed by atoms with Gasteiger partial charge in [-0.25, -0.2) is 0 Å². The average molecular weight is 328 g/mol. The zero-order chi connectivity index (χ0) is 15.4. The van der Waals surface area contributed by atoms with Gasteiger partial charge in [-0.15, -0.1) is 11.8 Å². The summed E-state index contributed by atoms with van der Waals surface area (Å²) >= 11 is 7.54. The Bertz CT molecular complexity index is 550. The highest BCUT2D eigenvalue weighted by Crippen LogP contribution is 2.28. The molecule has 1 aliphatic rings. The van der Waals surface area contributed by atoms with Gasteiger partial charge >= 0.3 is 5.97 Å². The first kappa shape index (κ1) is 16.2. The molecule has 1 aromatic rings. The Morgan fingerprint density at radius 3 is 2.81 bits per heavy atom. The standard InChI is InChI=1S/C15H18ClNO3S/c1-2-21-13-8-10(16)4-6-12(13)14(18)17-11-5-3-9(7-11)15(19)20/h4,6,8-9,11H,2-3,5,7H2,1H3,(H,17,18)(H,19,20)/t9-,11+/m1/s1. The number of rotatable bonds is 5. The molecule has 2 atom stereocenters. The molecule has 21 heavy (non-hydrogen) atoms. The van der Waals surface area contributed by atoms with E-state index in [1.54, 1.807) is 30.0 Å². The van der Waals surface area contributed by atoms with Crippen molar-refractivity contribution in [2.45, 2.75) is 37.1 Å². The van der Waals surface area contributed by atoms with Crippen LogP contribution in [0.3, 0.4) is 0 Å². The molecule has 1 fully saturated rings. The fraction of sp³-hybridized carbons (Fsp3) is 0.467. The van der Waals surface area contributed by atoms with Gasteiger partial charge in [0.05, 0.1) is 11.5 Å². The number of carbonyl (C=O) groups excluding carboxylic acids is 1. The van der Waals surface area contributed by atoms with Gasteiger partial charge in [0.15, 0.2) is 0 Å². The lowest BCUT2D eigenvalue weighted by molar-refractivity contribution is -0.141. The summed E-state index contributed by atoms with van der Waals surface area (Å²) in [4.78, 5) is 24.2. The molecule has 1 amide bonds. The molecule has 0 aliphatic heterocycles. The van der Waals surface area contributed by atoms with Crippen LogP contribution in [0.2, 0.25) is 5.02 Å². The normalized spacial score (nSPS) is 21.2. The number of thioether (sulfide) groups is 1. The van der Waals surface area contributed by atoms with Crippen molar-refractivity contribution < 1.29 is 14.7 Å². The van der Waals surface area contributed by atoms with Crippen molar-refractivity contribution >= 4 is 35.2 Å². The molecule has 2 rings (SSSR count). The largest absolute Gasteiger partial charge is 0.481 e. The molecule has 0 unspecified atom stereocenters. The number of nitrogens with one attached hydrogen (secondary N) is 1. The molecule has 114 valence electrons. The Hall–Kier alpha value is -1.20. The fourth-order valence-corrected chi connectivity index (χ4v) is 3.63. The molecule has 6 heteroatoms. The lowest BCUT2D eigenvalue weighted by Crippen LogP contribution is -2.33. The van der Waals surface area contributed by atoms with Crippen molar-refractivity contribution in [3.05, 3.63) is 28.8 Å². The van der Waals surface area contributed by atoms with Crippen molar-refractivity contribution in [2.24, 2.45) is 5.92 Å². The summed E-state index contributed by atoms with van der Waals surface area (Å²) in [5.41, 5.74) is 0.602. The van der Waals surface area contributed by atoms with E-state index in [-0.39, 0.29) is 17.9 Å². The number of carboxylic acid groups (broad SMARTS) is 1. The minimum atomic E-state index is -0.777. The smallest absolute Gasteiger partial charge is 0.306 e. The second-order valence-corrected chi connectivity index (χ2v) is 6.83. The third kappa shape index (κ3) is 4.14. The lowest BCUT2D eigenvalue weighted by atomic mass is 10.1. The second-order valence-electron chi connectivity index (χ2n) is 5.09. The summed E-state index contributed by atoms with van der Waals surface area (Å²) < 4.78 is 0. The van der Waals surface area contributed by atoms with Crippen molar-refractivity contribution in [1.82, 2.24) is 5.32 Å². The Morgan fingerprint density at radius 2 is 2.19 bits per heavy atom. The highest BCUT2D eigenvalue weighted by Gasteiger charge is 2.30. The quantitative estimate of drug-likeness (QED) is 0.813. The van der Waals surface area contributed by atoms with Crippen LogP contribution in [0.4, 0.5) is 0 Å². The molecular weight excluding hydrogens is 310 g/mol. The zero-order valence-electron chi connectivity index (χ0n) is 11.8. The SMILES string of the molecule is CCSc1cc(Cl)ccc1C(=O)N[C@H]1CC[C@@H](C(=O)O)C1. The number of hydrogen-bond acceptors (Lipinski definition) is 3. The van der Waals surface area contributed by atoms with Crippen LogP contribution in [-0.2, 0) is 4.79 Å². The molecule has 0 heterocycles. The molecular formula is C15H18ClNO3S. The summed E-state index contributed by atoms with van der Waals surface area (Å²) in [5, 5.41) is 12.5.